The number of alkyl halides is 2. The van der Waals surface area contributed by atoms with Crippen LogP contribution in [-0.4, -0.2) is 10.7 Å². The highest BCUT2D eigenvalue weighted by Gasteiger charge is 2.30. The molecule has 0 heterocycles. The molecule has 2 aromatic rings. The zero-order valence-corrected chi connectivity index (χ0v) is 14.5. The van der Waals surface area contributed by atoms with Crippen LogP contribution in [0, 0.1) is 12.7 Å². The highest BCUT2D eigenvalue weighted by atomic mass is 79.9. The summed E-state index contributed by atoms with van der Waals surface area (Å²) in [4.78, 5) is 0. The zero-order chi connectivity index (χ0) is 14.6. The van der Waals surface area contributed by atoms with Crippen molar-refractivity contribution in [3.8, 4) is 0 Å². The zero-order valence-electron chi connectivity index (χ0n) is 11.4. The molecule has 0 unspecified atom stereocenters. The molecule has 20 heavy (non-hydrogen) atoms. The Balaban J connectivity index is 2.39. The number of aryl methyl sites for hydroxylation is 1. The van der Waals surface area contributed by atoms with E-state index in [1.807, 2.05) is 12.1 Å². The van der Waals surface area contributed by atoms with E-state index in [-0.39, 0.29) is 11.2 Å². The second kappa shape index (κ2) is 6.86. The van der Waals surface area contributed by atoms with Crippen molar-refractivity contribution in [3.63, 3.8) is 0 Å². The summed E-state index contributed by atoms with van der Waals surface area (Å²) in [5.41, 5.74) is 3.70. The second-order valence-electron chi connectivity index (χ2n) is 5.16. The molecule has 3 heteroatoms. The van der Waals surface area contributed by atoms with Crippen molar-refractivity contribution in [3.05, 3.63) is 71.0 Å². The van der Waals surface area contributed by atoms with Crippen molar-refractivity contribution < 1.29 is 4.39 Å². The van der Waals surface area contributed by atoms with Gasteiger partial charge in [-0.25, -0.2) is 4.39 Å². The fraction of sp³-hybridized carbons (Fsp3) is 0.294. The predicted molar refractivity (Wildman–Crippen MR) is 90.5 cm³/mol. The van der Waals surface area contributed by atoms with Crippen LogP contribution in [0.2, 0.25) is 0 Å². The fourth-order valence-corrected chi connectivity index (χ4v) is 4.34. The lowest BCUT2D eigenvalue weighted by Crippen LogP contribution is -2.33. The van der Waals surface area contributed by atoms with Crippen molar-refractivity contribution in [1.82, 2.24) is 0 Å². The second-order valence-corrected chi connectivity index (χ2v) is 6.28. The van der Waals surface area contributed by atoms with Gasteiger partial charge in [0.1, 0.15) is 5.82 Å². The minimum absolute atomic E-state index is 0.0696. The van der Waals surface area contributed by atoms with Gasteiger partial charge in [-0.2, -0.15) is 0 Å². The largest absolute Gasteiger partial charge is 0.207 e. The SMILES string of the molecule is Cc1ccccc1CC(CBr)(CBr)c1ccc(F)cc1. The Bertz CT molecular complexity index is 559. The number of hydrogen-bond donors (Lipinski definition) is 0. The van der Waals surface area contributed by atoms with Gasteiger partial charge >= 0.3 is 0 Å². The summed E-state index contributed by atoms with van der Waals surface area (Å²) in [5, 5.41) is 1.65. The van der Waals surface area contributed by atoms with Crippen LogP contribution < -0.4 is 0 Å². The van der Waals surface area contributed by atoms with Crippen molar-refractivity contribution >= 4 is 31.9 Å². The first kappa shape index (κ1) is 15.7. The van der Waals surface area contributed by atoms with Gasteiger partial charge in [-0.05, 0) is 42.2 Å². The summed E-state index contributed by atoms with van der Waals surface area (Å²) in [6.45, 7) is 2.13. The van der Waals surface area contributed by atoms with Crippen molar-refractivity contribution in [2.45, 2.75) is 18.8 Å². The summed E-state index contributed by atoms with van der Waals surface area (Å²) in [5.74, 6) is -0.192. The molecule has 106 valence electrons. The van der Waals surface area contributed by atoms with Crippen LogP contribution in [0.25, 0.3) is 0 Å². The van der Waals surface area contributed by atoms with Gasteiger partial charge in [0.05, 0.1) is 0 Å². The summed E-state index contributed by atoms with van der Waals surface area (Å²) < 4.78 is 13.2. The van der Waals surface area contributed by atoms with E-state index in [1.165, 1.54) is 23.3 Å². The summed E-state index contributed by atoms with van der Waals surface area (Å²) in [6.07, 6.45) is 0.918. The normalized spacial score (nSPS) is 11.6. The Morgan fingerprint density at radius 1 is 0.950 bits per heavy atom. The lowest BCUT2D eigenvalue weighted by Gasteiger charge is -2.31. The monoisotopic (exact) mass is 398 g/mol. The van der Waals surface area contributed by atoms with E-state index >= 15 is 0 Å². The highest BCUT2D eigenvalue weighted by molar-refractivity contribution is 9.09. The van der Waals surface area contributed by atoms with Gasteiger partial charge in [0.25, 0.3) is 0 Å². The molecule has 0 atom stereocenters. The molecule has 0 aliphatic carbocycles. The van der Waals surface area contributed by atoms with Gasteiger partial charge < -0.3 is 0 Å². The first-order valence-corrected chi connectivity index (χ1v) is 8.78. The topological polar surface area (TPSA) is 0 Å². The molecule has 0 radical (unpaired) electrons. The number of halogens is 3. The lowest BCUT2D eigenvalue weighted by atomic mass is 9.78. The maximum atomic E-state index is 13.2. The Hall–Kier alpha value is -0.670. The van der Waals surface area contributed by atoms with E-state index in [1.54, 1.807) is 0 Å². The summed E-state index contributed by atoms with van der Waals surface area (Å²) in [7, 11) is 0. The van der Waals surface area contributed by atoms with E-state index in [4.69, 9.17) is 0 Å². The molecule has 0 spiro atoms. The molecule has 0 bridgehead atoms. The third-order valence-corrected chi connectivity index (χ3v) is 5.91. The third-order valence-electron chi connectivity index (χ3n) is 3.76. The van der Waals surface area contributed by atoms with Crippen LogP contribution in [0.5, 0.6) is 0 Å². The maximum absolute atomic E-state index is 13.2. The molecule has 2 rings (SSSR count). The molecule has 0 amide bonds. The lowest BCUT2D eigenvalue weighted by molar-refractivity contribution is 0.546. The van der Waals surface area contributed by atoms with Crippen LogP contribution in [0.15, 0.2) is 48.5 Å². The Kier molecular flexibility index (Phi) is 5.39. The van der Waals surface area contributed by atoms with Crippen LogP contribution in [0.1, 0.15) is 16.7 Å². The molecule has 0 nitrogen and oxygen atoms in total. The third kappa shape index (κ3) is 3.32. The number of rotatable bonds is 5. The first-order valence-electron chi connectivity index (χ1n) is 6.54. The van der Waals surface area contributed by atoms with Gasteiger partial charge in [-0.1, -0.05) is 68.3 Å². The number of benzene rings is 2. The Morgan fingerprint density at radius 2 is 1.55 bits per heavy atom. The quantitative estimate of drug-likeness (QED) is 0.590. The highest BCUT2D eigenvalue weighted by Crippen LogP contribution is 2.33. The first-order chi connectivity index (χ1) is 9.61. The molecule has 0 aromatic heterocycles. The molecule has 2 aromatic carbocycles. The smallest absolute Gasteiger partial charge is 0.123 e. The Labute approximate surface area is 136 Å². The summed E-state index contributed by atoms with van der Waals surface area (Å²) >= 11 is 7.29. The molecule has 0 N–H and O–H groups in total. The van der Waals surface area contributed by atoms with Crippen molar-refractivity contribution in [2.24, 2.45) is 0 Å². The van der Waals surface area contributed by atoms with Crippen LogP contribution in [0.3, 0.4) is 0 Å². The molecule has 0 aliphatic heterocycles. The number of hydrogen-bond acceptors (Lipinski definition) is 0. The van der Waals surface area contributed by atoms with E-state index in [0.29, 0.717) is 0 Å². The molecular weight excluding hydrogens is 383 g/mol. The summed E-state index contributed by atoms with van der Waals surface area (Å²) in [6, 6.07) is 15.3. The van der Waals surface area contributed by atoms with Gasteiger partial charge in [-0.3, -0.25) is 0 Å². The van der Waals surface area contributed by atoms with Crippen LogP contribution in [-0.2, 0) is 11.8 Å². The van der Waals surface area contributed by atoms with Gasteiger partial charge in [-0.15, -0.1) is 0 Å². The van der Waals surface area contributed by atoms with Gasteiger partial charge in [0.15, 0.2) is 0 Å². The fourth-order valence-electron chi connectivity index (χ4n) is 2.36. The van der Waals surface area contributed by atoms with Gasteiger partial charge in [0, 0.05) is 16.1 Å². The molecule has 0 fully saturated rings. The Morgan fingerprint density at radius 3 is 2.10 bits per heavy atom. The van der Waals surface area contributed by atoms with E-state index in [9.17, 15) is 4.39 Å². The molecular formula is C17H17Br2F. The standard InChI is InChI=1S/C17H17Br2F/c1-13-4-2-3-5-14(13)10-17(11-18,12-19)15-6-8-16(20)9-7-15/h2-9H,10-12H2,1H3. The van der Waals surface area contributed by atoms with Crippen LogP contribution in [0.4, 0.5) is 4.39 Å². The maximum Gasteiger partial charge on any atom is 0.123 e. The predicted octanol–water partition coefficient (Wildman–Crippen LogP) is 5.40. The molecule has 0 saturated heterocycles. The van der Waals surface area contributed by atoms with E-state index in [2.05, 4.69) is 63.0 Å². The van der Waals surface area contributed by atoms with Crippen molar-refractivity contribution in [1.29, 1.82) is 0 Å². The van der Waals surface area contributed by atoms with Crippen molar-refractivity contribution in [2.75, 3.05) is 10.7 Å². The van der Waals surface area contributed by atoms with Crippen LogP contribution >= 0.6 is 31.9 Å². The minimum Gasteiger partial charge on any atom is -0.207 e. The average molecular weight is 400 g/mol. The van der Waals surface area contributed by atoms with E-state index < -0.39 is 0 Å². The molecule has 0 saturated carbocycles. The van der Waals surface area contributed by atoms with Gasteiger partial charge in [0.2, 0.25) is 0 Å². The minimum atomic E-state index is -0.192. The molecule has 0 aliphatic rings. The van der Waals surface area contributed by atoms with E-state index in [0.717, 1.165) is 22.6 Å². The average Bonchev–Trinajstić information content (AvgIpc) is 2.48.